The summed E-state index contributed by atoms with van der Waals surface area (Å²) in [6.07, 6.45) is -2.64. The molecule has 3 N–H and O–H groups in total. The summed E-state index contributed by atoms with van der Waals surface area (Å²) in [4.78, 5) is 0. The SMILES string of the molecule is OCCCN[C@H]1C[C@H]2[C@H](c3ccccc3)Nc3ccc(C(F)(F)F)cc3I2C1. The summed E-state index contributed by atoms with van der Waals surface area (Å²) in [5, 5.41) is 16.1. The predicted molar refractivity (Wildman–Crippen MR) is 114 cm³/mol. The first-order valence-corrected chi connectivity index (χ1v) is 13.3. The fourth-order valence-electron chi connectivity index (χ4n) is 4.02. The van der Waals surface area contributed by atoms with Gasteiger partial charge in [0.2, 0.25) is 0 Å². The van der Waals surface area contributed by atoms with Crippen molar-refractivity contribution in [3.05, 3.63) is 63.2 Å². The van der Waals surface area contributed by atoms with E-state index in [0.29, 0.717) is 16.4 Å². The van der Waals surface area contributed by atoms with Crippen LogP contribution in [0.5, 0.6) is 0 Å². The van der Waals surface area contributed by atoms with Crippen LogP contribution in [0.1, 0.15) is 30.0 Å². The van der Waals surface area contributed by atoms with Crippen LogP contribution >= 0.6 is 19.8 Å². The average molecular weight is 504 g/mol. The fraction of sp³-hybridized carbons (Fsp3) is 0.429. The molecule has 2 aromatic rings. The van der Waals surface area contributed by atoms with Gasteiger partial charge in [-0.2, -0.15) is 0 Å². The quantitative estimate of drug-likeness (QED) is 0.316. The van der Waals surface area contributed by atoms with Gasteiger partial charge >= 0.3 is 170 Å². The Kier molecular flexibility index (Phi) is 5.85. The molecule has 0 radical (unpaired) electrons. The van der Waals surface area contributed by atoms with E-state index in [4.69, 9.17) is 5.11 Å². The van der Waals surface area contributed by atoms with Crippen LogP contribution in [0, 0.1) is 3.57 Å². The molecule has 0 aliphatic carbocycles. The number of aliphatic hydroxyl groups excluding tert-OH is 1. The van der Waals surface area contributed by atoms with E-state index >= 15 is 0 Å². The van der Waals surface area contributed by atoms with Crippen molar-refractivity contribution in [3.8, 4) is 0 Å². The molecule has 3 nitrogen and oxygen atoms in total. The Labute approximate surface area is 170 Å². The van der Waals surface area contributed by atoms with Crippen molar-refractivity contribution in [2.24, 2.45) is 0 Å². The molecule has 152 valence electrons. The van der Waals surface area contributed by atoms with Crippen molar-refractivity contribution in [2.45, 2.75) is 35.0 Å². The summed E-state index contributed by atoms with van der Waals surface area (Å²) in [6, 6.07) is 14.9. The number of anilines is 1. The van der Waals surface area contributed by atoms with Gasteiger partial charge in [-0.3, -0.25) is 0 Å². The number of nitrogens with one attached hydrogen (secondary N) is 2. The Morgan fingerprint density at radius 1 is 1.14 bits per heavy atom. The first kappa shape index (κ1) is 20.0. The second kappa shape index (κ2) is 8.20. The van der Waals surface area contributed by atoms with Gasteiger partial charge in [-0.1, -0.05) is 0 Å². The second-order valence-electron chi connectivity index (χ2n) is 7.26. The third-order valence-corrected chi connectivity index (χ3v) is 12.9. The van der Waals surface area contributed by atoms with Crippen LogP contribution in [-0.4, -0.2) is 32.7 Å². The Bertz CT molecular complexity index is 815. The Hall–Kier alpha value is -1.32. The Balaban J connectivity index is 1.67. The van der Waals surface area contributed by atoms with Crippen molar-refractivity contribution < 1.29 is 18.3 Å². The summed E-state index contributed by atoms with van der Waals surface area (Å²) < 4.78 is 42.1. The zero-order valence-electron chi connectivity index (χ0n) is 15.3. The van der Waals surface area contributed by atoms with Gasteiger partial charge in [-0.05, 0) is 0 Å². The minimum absolute atomic E-state index is 0.150. The third kappa shape index (κ3) is 4.02. The van der Waals surface area contributed by atoms with Gasteiger partial charge in [0.15, 0.2) is 0 Å². The molecule has 0 bridgehead atoms. The van der Waals surface area contributed by atoms with Gasteiger partial charge in [0.05, 0.1) is 0 Å². The number of rotatable bonds is 5. The topological polar surface area (TPSA) is 44.3 Å². The van der Waals surface area contributed by atoms with Gasteiger partial charge < -0.3 is 0 Å². The molecule has 4 rings (SSSR count). The molecule has 0 amide bonds. The predicted octanol–water partition coefficient (Wildman–Crippen LogP) is 4.66. The van der Waals surface area contributed by atoms with Crippen molar-refractivity contribution in [1.82, 2.24) is 5.32 Å². The van der Waals surface area contributed by atoms with Crippen LogP contribution < -0.4 is 10.6 Å². The fourth-order valence-corrected chi connectivity index (χ4v) is 12.3. The molecule has 1 fully saturated rings. The van der Waals surface area contributed by atoms with Crippen LogP contribution in [0.25, 0.3) is 0 Å². The van der Waals surface area contributed by atoms with Crippen LogP contribution in [0.4, 0.5) is 18.9 Å². The monoisotopic (exact) mass is 504 g/mol. The van der Waals surface area contributed by atoms with Crippen LogP contribution in [-0.2, 0) is 6.18 Å². The first-order valence-electron chi connectivity index (χ1n) is 9.48. The summed E-state index contributed by atoms with van der Waals surface area (Å²) in [5.74, 6) is 0. The number of benzene rings is 2. The number of hydrogen-bond acceptors (Lipinski definition) is 3. The Morgan fingerprint density at radius 3 is 2.64 bits per heavy atom. The maximum absolute atomic E-state index is 13.3. The molecular formula is C21H24F3IN2O. The molecule has 2 aromatic carbocycles. The van der Waals surface area contributed by atoms with E-state index in [9.17, 15) is 13.2 Å². The van der Waals surface area contributed by atoms with Gasteiger partial charge in [-0.25, -0.2) is 0 Å². The third-order valence-electron chi connectivity index (χ3n) is 5.36. The molecule has 1 saturated heterocycles. The summed E-state index contributed by atoms with van der Waals surface area (Å²) in [7, 11) is 0. The number of hydrogen-bond donors (Lipinski definition) is 3. The van der Waals surface area contributed by atoms with Crippen molar-refractivity contribution in [1.29, 1.82) is 0 Å². The zero-order valence-corrected chi connectivity index (χ0v) is 17.5. The molecule has 0 aromatic heterocycles. The number of halogens is 4. The Morgan fingerprint density at radius 2 is 1.93 bits per heavy atom. The van der Waals surface area contributed by atoms with Crippen LogP contribution in [0.2, 0.25) is 0 Å². The molecular weight excluding hydrogens is 480 g/mol. The number of aliphatic hydroxyl groups is 1. The number of fused-ring (bicyclic) bond motifs is 3. The first-order chi connectivity index (χ1) is 13.5. The van der Waals surface area contributed by atoms with E-state index in [1.165, 1.54) is 17.7 Å². The number of alkyl halides is 5. The van der Waals surface area contributed by atoms with Gasteiger partial charge in [0.25, 0.3) is 0 Å². The van der Waals surface area contributed by atoms with E-state index in [1.807, 2.05) is 18.2 Å². The van der Waals surface area contributed by atoms with E-state index in [-0.39, 0.29) is 12.6 Å². The molecule has 2 aliphatic heterocycles. The normalized spacial score (nSPS) is 25.1. The zero-order chi connectivity index (χ0) is 19.7. The van der Waals surface area contributed by atoms with Crippen LogP contribution in [0.15, 0.2) is 48.5 Å². The van der Waals surface area contributed by atoms with E-state index in [0.717, 1.165) is 26.7 Å². The molecule has 2 aliphatic rings. The molecule has 28 heavy (non-hydrogen) atoms. The molecule has 7 heteroatoms. The summed E-state index contributed by atoms with van der Waals surface area (Å²) in [6.45, 7) is 0.897. The maximum atomic E-state index is 13.3. The van der Waals surface area contributed by atoms with E-state index in [2.05, 4.69) is 22.8 Å². The summed E-state index contributed by atoms with van der Waals surface area (Å²) in [5.41, 5.74) is 1.54. The van der Waals surface area contributed by atoms with E-state index < -0.39 is 31.6 Å². The molecule has 2 heterocycles. The summed E-state index contributed by atoms with van der Waals surface area (Å²) >= 11 is -1.83. The van der Waals surface area contributed by atoms with Gasteiger partial charge in [0, 0.05) is 0 Å². The van der Waals surface area contributed by atoms with Gasteiger partial charge in [-0.15, -0.1) is 0 Å². The second-order valence-corrected chi connectivity index (χ2v) is 13.2. The van der Waals surface area contributed by atoms with Crippen molar-refractivity contribution in [2.75, 3.05) is 22.9 Å². The molecule has 0 spiro atoms. The molecule has 0 unspecified atom stereocenters. The van der Waals surface area contributed by atoms with Gasteiger partial charge in [0.1, 0.15) is 0 Å². The van der Waals surface area contributed by atoms with Crippen molar-refractivity contribution in [3.63, 3.8) is 0 Å². The minimum atomic E-state index is -4.31. The van der Waals surface area contributed by atoms with E-state index in [1.54, 1.807) is 6.07 Å². The van der Waals surface area contributed by atoms with Crippen LogP contribution in [0.3, 0.4) is 0 Å². The van der Waals surface area contributed by atoms with Crippen molar-refractivity contribution >= 4 is 25.5 Å². The molecule has 0 saturated carbocycles. The standard InChI is InChI=1S/C21H24F3IN2O/c22-21(23,24)15-7-8-19-17(11-15)25-13-16(26-9-4-10-28)12-18(25)20(27-19)14-5-2-1-3-6-14/h1-3,5-8,11,16,18,20,26-28H,4,9-10,12-13H2/t16-,18-,20-/m0/s1. The molecule has 3 atom stereocenters. The average Bonchev–Trinajstić information content (AvgIpc) is 3.11.